The van der Waals surface area contributed by atoms with Gasteiger partial charge in [0.05, 0.1) is 0 Å². The predicted octanol–water partition coefficient (Wildman–Crippen LogP) is 3.14. The molecule has 2 aromatic carbocycles. The fraction of sp³-hybridized carbons (Fsp3) is 0.316. The molecule has 22 heavy (non-hydrogen) atoms. The molecule has 1 amide bonds. The summed E-state index contributed by atoms with van der Waals surface area (Å²) in [5.74, 6) is 0.0561. The summed E-state index contributed by atoms with van der Waals surface area (Å²) in [6.45, 7) is 1.98. The fourth-order valence-corrected chi connectivity index (χ4v) is 3.05. The van der Waals surface area contributed by atoms with Crippen LogP contribution in [0.1, 0.15) is 34.3 Å². The summed E-state index contributed by atoms with van der Waals surface area (Å²) >= 11 is 0. The molecule has 3 heteroatoms. The van der Waals surface area contributed by atoms with Gasteiger partial charge in [-0.05, 0) is 48.6 Å². The van der Waals surface area contributed by atoms with Crippen molar-refractivity contribution in [3.63, 3.8) is 0 Å². The maximum Gasteiger partial charge on any atom is 0.251 e. The normalized spacial score (nSPS) is 16.5. The third-order valence-corrected chi connectivity index (χ3v) is 4.49. The van der Waals surface area contributed by atoms with Crippen LogP contribution in [0.5, 0.6) is 0 Å². The van der Waals surface area contributed by atoms with Crippen LogP contribution in [0.25, 0.3) is 0 Å². The molecule has 1 fully saturated rings. The highest BCUT2D eigenvalue weighted by Crippen LogP contribution is 2.28. The molecule has 1 heterocycles. The molecule has 0 aromatic heterocycles. The molecular formula is C19H20N2O. The van der Waals surface area contributed by atoms with Crippen molar-refractivity contribution in [3.8, 4) is 0 Å². The van der Waals surface area contributed by atoms with Gasteiger partial charge in [0.1, 0.15) is 0 Å². The molecule has 0 atom stereocenters. The van der Waals surface area contributed by atoms with Gasteiger partial charge in [0, 0.05) is 30.4 Å². The summed E-state index contributed by atoms with van der Waals surface area (Å²) in [4.78, 5) is 14.4. The minimum absolute atomic E-state index is 0.0561. The SMILES string of the molecule is O=C(NC1CC1)c1ccc(CN2CCc3ccccc32)cc1. The van der Waals surface area contributed by atoms with Gasteiger partial charge >= 0.3 is 0 Å². The maximum absolute atomic E-state index is 12.0. The van der Waals surface area contributed by atoms with Crippen molar-refractivity contribution in [3.05, 3.63) is 65.2 Å². The Morgan fingerprint density at radius 3 is 2.64 bits per heavy atom. The Bertz CT molecular complexity index is 689. The molecule has 1 aliphatic carbocycles. The Morgan fingerprint density at radius 2 is 1.86 bits per heavy atom. The number of anilines is 1. The van der Waals surface area contributed by atoms with E-state index in [9.17, 15) is 4.79 Å². The summed E-state index contributed by atoms with van der Waals surface area (Å²) in [7, 11) is 0. The zero-order chi connectivity index (χ0) is 14.9. The second-order valence-corrected chi connectivity index (χ2v) is 6.24. The highest BCUT2D eigenvalue weighted by atomic mass is 16.1. The third kappa shape index (κ3) is 2.71. The Labute approximate surface area is 131 Å². The van der Waals surface area contributed by atoms with Gasteiger partial charge in [-0.3, -0.25) is 4.79 Å². The Morgan fingerprint density at radius 1 is 1.09 bits per heavy atom. The van der Waals surface area contributed by atoms with Crippen molar-refractivity contribution in [1.29, 1.82) is 0 Å². The molecule has 1 N–H and O–H groups in total. The van der Waals surface area contributed by atoms with Crippen LogP contribution in [0.3, 0.4) is 0 Å². The molecule has 1 saturated carbocycles. The number of fused-ring (bicyclic) bond motifs is 1. The molecule has 2 aliphatic rings. The number of nitrogens with one attached hydrogen (secondary N) is 1. The topological polar surface area (TPSA) is 32.3 Å². The average Bonchev–Trinajstić information content (AvgIpc) is 3.28. The van der Waals surface area contributed by atoms with Crippen molar-refractivity contribution in [2.24, 2.45) is 0 Å². The number of hydrogen-bond acceptors (Lipinski definition) is 2. The lowest BCUT2D eigenvalue weighted by Crippen LogP contribution is -2.25. The summed E-state index contributed by atoms with van der Waals surface area (Å²) in [5, 5.41) is 3.03. The first-order valence-electron chi connectivity index (χ1n) is 8.02. The van der Waals surface area contributed by atoms with Crippen LogP contribution in [0.4, 0.5) is 5.69 Å². The van der Waals surface area contributed by atoms with Gasteiger partial charge in [-0.25, -0.2) is 0 Å². The first-order valence-corrected chi connectivity index (χ1v) is 8.02. The van der Waals surface area contributed by atoms with E-state index in [1.54, 1.807) is 0 Å². The van der Waals surface area contributed by atoms with E-state index in [2.05, 4.69) is 46.6 Å². The van der Waals surface area contributed by atoms with E-state index in [1.165, 1.54) is 16.8 Å². The van der Waals surface area contributed by atoms with Crippen LogP contribution < -0.4 is 10.2 Å². The molecular weight excluding hydrogens is 272 g/mol. The molecule has 112 valence electrons. The highest BCUT2D eigenvalue weighted by molar-refractivity contribution is 5.94. The van der Waals surface area contributed by atoms with Crippen LogP contribution in [0.15, 0.2) is 48.5 Å². The number of rotatable bonds is 4. The molecule has 0 saturated heterocycles. The summed E-state index contributed by atoms with van der Waals surface area (Å²) in [5.41, 5.74) is 4.79. The first-order chi connectivity index (χ1) is 10.8. The van der Waals surface area contributed by atoms with Crippen LogP contribution in [0.2, 0.25) is 0 Å². The van der Waals surface area contributed by atoms with Crippen molar-refractivity contribution in [2.75, 3.05) is 11.4 Å². The van der Waals surface area contributed by atoms with Gasteiger partial charge in [0.2, 0.25) is 0 Å². The molecule has 0 radical (unpaired) electrons. The quantitative estimate of drug-likeness (QED) is 0.939. The average molecular weight is 292 g/mol. The summed E-state index contributed by atoms with van der Waals surface area (Å²) < 4.78 is 0. The van der Waals surface area contributed by atoms with Gasteiger partial charge in [-0.15, -0.1) is 0 Å². The van der Waals surface area contributed by atoms with Gasteiger partial charge < -0.3 is 10.2 Å². The Balaban J connectivity index is 1.44. The van der Waals surface area contributed by atoms with Gasteiger partial charge in [0.25, 0.3) is 5.91 Å². The number of hydrogen-bond donors (Lipinski definition) is 1. The van der Waals surface area contributed by atoms with Gasteiger partial charge in [-0.1, -0.05) is 30.3 Å². The molecule has 2 aromatic rings. The largest absolute Gasteiger partial charge is 0.367 e. The van der Waals surface area contributed by atoms with Crippen LogP contribution in [-0.4, -0.2) is 18.5 Å². The number of nitrogens with zero attached hydrogens (tertiary/aromatic N) is 1. The van der Waals surface area contributed by atoms with Crippen LogP contribution in [-0.2, 0) is 13.0 Å². The lowest BCUT2D eigenvalue weighted by atomic mass is 10.1. The Kier molecular flexibility index (Phi) is 3.34. The molecule has 0 bridgehead atoms. The van der Waals surface area contributed by atoms with Crippen LogP contribution in [0, 0.1) is 0 Å². The smallest absolute Gasteiger partial charge is 0.251 e. The van der Waals surface area contributed by atoms with E-state index in [-0.39, 0.29) is 5.91 Å². The zero-order valence-electron chi connectivity index (χ0n) is 12.6. The zero-order valence-corrected chi connectivity index (χ0v) is 12.6. The van der Waals surface area contributed by atoms with E-state index in [1.807, 2.05) is 12.1 Å². The van der Waals surface area contributed by atoms with E-state index < -0.39 is 0 Å². The lowest BCUT2D eigenvalue weighted by molar-refractivity contribution is 0.0951. The van der Waals surface area contributed by atoms with E-state index >= 15 is 0 Å². The molecule has 4 rings (SSSR count). The van der Waals surface area contributed by atoms with E-state index in [4.69, 9.17) is 0 Å². The highest BCUT2D eigenvalue weighted by Gasteiger charge is 2.23. The van der Waals surface area contributed by atoms with Gasteiger partial charge in [0.15, 0.2) is 0 Å². The number of carbonyl (C=O) groups is 1. The summed E-state index contributed by atoms with van der Waals surface area (Å²) in [6.07, 6.45) is 3.37. The second kappa shape index (κ2) is 5.48. The molecule has 3 nitrogen and oxygen atoms in total. The summed E-state index contributed by atoms with van der Waals surface area (Å²) in [6, 6.07) is 17.0. The molecule has 1 aliphatic heterocycles. The van der Waals surface area contributed by atoms with Crippen molar-refractivity contribution >= 4 is 11.6 Å². The van der Waals surface area contributed by atoms with E-state index in [0.29, 0.717) is 6.04 Å². The van der Waals surface area contributed by atoms with Crippen molar-refractivity contribution < 1.29 is 4.79 Å². The van der Waals surface area contributed by atoms with E-state index in [0.717, 1.165) is 37.9 Å². The maximum atomic E-state index is 12.0. The van der Waals surface area contributed by atoms with Crippen molar-refractivity contribution in [2.45, 2.75) is 31.8 Å². The third-order valence-electron chi connectivity index (χ3n) is 4.49. The first kappa shape index (κ1) is 13.4. The monoisotopic (exact) mass is 292 g/mol. The molecule has 0 unspecified atom stereocenters. The number of carbonyl (C=O) groups excluding carboxylic acids is 1. The molecule has 0 spiro atoms. The Hall–Kier alpha value is -2.29. The predicted molar refractivity (Wildman–Crippen MR) is 88.1 cm³/mol. The van der Waals surface area contributed by atoms with Gasteiger partial charge in [-0.2, -0.15) is 0 Å². The number of benzene rings is 2. The van der Waals surface area contributed by atoms with Crippen LogP contribution >= 0.6 is 0 Å². The minimum atomic E-state index is 0.0561. The lowest BCUT2D eigenvalue weighted by Gasteiger charge is -2.19. The second-order valence-electron chi connectivity index (χ2n) is 6.24. The fourth-order valence-electron chi connectivity index (χ4n) is 3.05. The number of para-hydroxylation sites is 1. The minimum Gasteiger partial charge on any atom is -0.367 e. The van der Waals surface area contributed by atoms with Crippen molar-refractivity contribution in [1.82, 2.24) is 5.32 Å². The number of amides is 1. The standard InChI is InChI=1S/C19H20N2O/c22-19(20-17-9-10-17)16-7-5-14(6-8-16)13-21-12-11-15-3-1-2-4-18(15)21/h1-8,17H,9-13H2,(H,20,22).